The van der Waals surface area contributed by atoms with Crippen LogP contribution in [0.3, 0.4) is 0 Å². The summed E-state index contributed by atoms with van der Waals surface area (Å²) in [5.74, 6) is 1.29. The molecule has 28 heavy (non-hydrogen) atoms. The second-order valence-corrected chi connectivity index (χ2v) is 6.14. The van der Waals surface area contributed by atoms with Crippen LogP contribution in [-0.4, -0.2) is 22.7 Å². The first-order chi connectivity index (χ1) is 13.7. The molecule has 0 unspecified atom stereocenters. The van der Waals surface area contributed by atoms with Gasteiger partial charge in [0.25, 0.3) is 5.91 Å². The summed E-state index contributed by atoms with van der Waals surface area (Å²) in [5, 5.41) is 5.87. The first-order valence-electron chi connectivity index (χ1n) is 8.64. The number of aromatic nitrogens is 2. The summed E-state index contributed by atoms with van der Waals surface area (Å²) >= 11 is 0. The number of benzene rings is 2. The maximum Gasteiger partial charge on any atom is 0.271 e. The Labute approximate surface area is 160 Å². The number of ether oxygens (including phenoxy) is 2. The number of nitrogens with one attached hydrogen (secondary N) is 2. The first kappa shape index (κ1) is 17.7. The van der Waals surface area contributed by atoms with Crippen LogP contribution in [0.1, 0.15) is 21.6 Å². The van der Waals surface area contributed by atoms with E-state index >= 15 is 0 Å². The van der Waals surface area contributed by atoms with Crippen LogP contribution in [0.15, 0.2) is 54.9 Å². The van der Waals surface area contributed by atoms with Gasteiger partial charge in [-0.3, -0.25) is 4.79 Å². The van der Waals surface area contributed by atoms with E-state index in [4.69, 9.17) is 9.47 Å². The van der Waals surface area contributed by atoms with Crippen molar-refractivity contribution >= 4 is 11.7 Å². The Bertz CT molecular complexity index is 978. The molecule has 2 N–H and O–H groups in total. The Balaban J connectivity index is 1.30. The molecule has 1 amide bonds. The van der Waals surface area contributed by atoms with Crippen molar-refractivity contribution in [1.82, 2.24) is 15.3 Å². The van der Waals surface area contributed by atoms with Crippen LogP contribution in [-0.2, 0) is 13.1 Å². The maximum absolute atomic E-state index is 12.9. The van der Waals surface area contributed by atoms with Crippen LogP contribution < -0.4 is 20.1 Å². The second-order valence-electron chi connectivity index (χ2n) is 6.14. The molecule has 1 aliphatic heterocycles. The van der Waals surface area contributed by atoms with Crippen molar-refractivity contribution in [3.05, 3.63) is 77.5 Å². The van der Waals surface area contributed by atoms with Crippen LogP contribution in [0.4, 0.5) is 10.2 Å². The summed E-state index contributed by atoms with van der Waals surface area (Å²) in [5.41, 5.74) is 2.02. The number of nitrogens with zero attached hydrogens (tertiary/aromatic N) is 2. The minimum atomic E-state index is -0.324. The van der Waals surface area contributed by atoms with Gasteiger partial charge in [-0.15, -0.1) is 0 Å². The number of fused-ring (bicyclic) bond motifs is 1. The zero-order valence-electron chi connectivity index (χ0n) is 14.8. The molecule has 1 aromatic heterocycles. The van der Waals surface area contributed by atoms with E-state index in [2.05, 4.69) is 20.6 Å². The molecule has 0 saturated carbocycles. The smallest absolute Gasteiger partial charge is 0.271 e. The van der Waals surface area contributed by atoms with E-state index in [-0.39, 0.29) is 24.2 Å². The van der Waals surface area contributed by atoms with Gasteiger partial charge in [0.15, 0.2) is 11.5 Å². The molecule has 0 atom stereocenters. The fraction of sp³-hybridized carbons (Fsp3) is 0.150. The Morgan fingerprint density at radius 3 is 2.54 bits per heavy atom. The van der Waals surface area contributed by atoms with Crippen molar-refractivity contribution < 1.29 is 18.7 Å². The molecular weight excluding hydrogens is 363 g/mol. The van der Waals surface area contributed by atoms with Gasteiger partial charge in [-0.25, -0.2) is 14.4 Å². The normalized spacial score (nSPS) is 11.9. The number of amides is 1. The summed E-state index contributed by atoms with van der Waals surface area (Å²) in [6.45, 7) is 1.02. The van der Waals surface area contributed by atoms with Gasteiger partial charge in [0.1, 0.15) is 17.3 Å². The Morgan fingerprint density at radius 2 is 1.75 bits per heavy atom. The van der Waals surface area contributed by atoms with Crippen LogP contribution in [0, 0.1) is 5.82 Å². The van der Waals surface area contributed by atoms with E-state index < -0.39 is 0 Å². The topological polar surface area (TPSA) is 85.4 Å². The number of rotatable bonds is 6. The molecule has 142 valence electrons. The molecule has 0 aliphatic carbocycles. The molecule has 0 bridgehead atoms. The van der Waals surface area contributed by atoms with Crippen molar-refractivity contribution in [2.45, 2.75) is 13.1 Å². The summed E-state index contributed by atoms with van der Waals surface area (Å²) < 4.78 is 23.5. The lowest BCUT2D eigenvalue weighted by atomic mass is 10.2. The molecular formula is C20H17FN4O3. The van der Waals surface area contributed by atoms with Crippen molar-refractivity contribution in [3.63, 3.8) is 0 Å². The van der Waals surface area contributed by atoms with Gasteiger partial charge in [0.2, 0.25) is 6.79 Å². The number of halogens is 1. The molecule has 2 heterocycles. The number of anilines is 1. The Kier molecular flexibility index (Phi) is 5.01. The van der Waals surface area contributed by atoms with E-state index in [0.29, 0.717) is 30.4 Å². The molecule has 3 aromatic rings. The largest absolute Gasteiger partial charge is 0.454 e. The molecule has 4 rings (SSSR count). The van der Waals surface area contributed by atoms with E-state index in [1.165, 1.54) is 24.5 Å². The third-order valence-electron chi connectivity index (χ3n) is 4.16. The van der Waals surface area contributed by atoms with Crippen molar-refractivity contribution in [2.24, 2.45) is 0 Å². The molecule has 0 radical (unpaired) electrons. The number of hydrogen-bond acceptors (Lipinski definition) is 6. The van der Waals surface area contributed by atoms with Gasteiger partial charge in [-0.2, -0.15) is 0 Å². The Morgan fingerprint density at radius 1 is 0.964 bits per heavy atom. The van der Waals surface area contributed by atoms with E-state index in [9.17, 15) is 9.18 Å². The minimum absolute atomic E-state index is 0.211. The standard InChI is InChI=1S/C20H17FN4O3/c21-15-4-1-13(2-5-15)8-23-19-11-22-16(10-24-19)20(26)25-9-14-3-6-17-18(7-14)28-12-27-17/h1-7,10-11H,8-9,12H2,(H,23,24)(H,25,26). The zero-order chi connectivity index (χ0) is 19.3. The molecule has 1 aliphatic rings. The first-order valence-corrected chi connectivity index (χ1v) is 8.64. The summed E-state index contributed by atoms with van der Waals surface area (Å²) in [6, 6.07) is 11.7. The quantitative estimate of drug-likeness (QED) is 0.684. The summed E-state index contributed by atoms with van der Waals surface area (Å²) in [7, 11) is 0. The highest BCUT2D eigenvalue weighted by Gasteiger charge is 2.14. The van der Waals surface area contributed by atoms with E-state index in [1.54, 1.807) is 12.1 Å². The van der Waals surface area contributed by atoms with E-state index in [1.807, 2.05) is 18.2 Å². The fourth-order valence-electron chi connectivity index (χ4n) is 2.66. The summed E-state index contributed by atoms with van der Waals surface area (Å²) in [4.78, 5) is 20.6. The zero-order valence-corrected chi connectivity index (χ0v) is 14.8. The van der Waals surface area contributed by atoms with Crippen molar-refractivity contribution in [1.29, 1.82) is 0 Å². The van der Waals surface area contributed by atoms with Gasteiger partial charge in [-0.1, -0.05) is 18.2 Å². The fourth-order valence-corrected chi connectivity index (χ4v) is 2.66. The van der Waals surface area contributed by atoms with Gasteiger partial charge in [0, 0.05) is 13.1 Å². The number of hydrogen-bond donors (Lipinski definition) is 2. The highest BCUT2D eigenvalue weighted by molar-refractivity contribution is 5.91. The Hall–Kier alpha value is -3.68. The van der Waals surface area contributed by atoms with Crippen LogP contribution in [0.5, 0.6) is 11.5 Å². The van der Waals surface area contributed by atoms with E-state index in [0.717, 1.165) is 11.1 Å². The van der Waals surface area contributed by atoms with Gasteiger partial charge in [0.05, 0.1) is 12.4 Å². The monoisotopic (exact) mass is 380 g/mol. The van der Waals surface area contributed by atoms with Crippen molar-refractivity contribution in [3.8, 4) is 11.5 Å². The lowest BCUT2D eigenvalue weighted by Gasteiger charge is -2.08. The predicted octanol–water partition coefficient (Wildman–Crippen LogP) is 2.89. The molecule has 0 spiro atoms. The molecule has 7 nitrogen and oxygen atoms in total. The van der Waals surface area contributed by atoms with Gasteiger partial charge in [-0.05, 0) is 35.4 Å². The van der Waals surface area contributed by atoms with Crippen LogP contribution in [0.25, 0.3) is 0 Å². The minimum Gasteiger partial charge on any atom is -0.454 e. The molecule has 0 saturated heterocycles. The SMILES string of the molecule is O=C(NCc1ccc2c(c1)OCO2)c1cnc(NCc2ccc(F)cc2)cn1. The summed E-state index contributed by atoms with van der Waals surface area (Å²) in [6.07, 6.45) is 2.89. The lowest BCUT2D eigenvalue weighted by molar-refractivity contribution is 0.0945. The number of carbonyl (C=O) groups is 1. The maximum atomic E-state index is 12.9. The van der Waals surface area contributed by atoms with Crippen molar-refractivity contribution in [2.75, 3.05) is 12.1 Å². The average molecular weight is 380 g/mol. The number of carbonyl (C=O) groups excluding carboxylic acids is 1. The highest BCUT2D eigenvalue weighted by Crippen LogP contribution is 2.32. The molecule has 8 heteroatoms. The van der Waals surface area contributed by atoms with Gasteiger partial charge >= 0.3 is 0 Å². The molecule has 2 aromatic carbocycles. The van der Waals surface area contributed by atoms with Gasteiger partial charge < -0.3 is 20.1 Å². The van der Waals surface area contributed by atoms with Crippen LogP contribution >= 0.6 is 0 Å². The predicted molar refractivity (Wildman–Crippen MR) is 99.5 cm³/mol. The molecule has 0 fully saturated rings. The lowest BCUT2D eigenvalue weighted by Crippen LogP contribution is -2.24. The highest BCUT2D eigenvalue weighted by atomic mass is 19.1. The van der Waals surface area contributed by atoms with Crippen LogP contribution in [0.2, 0.25) is 0 Å². The average Bonchev–Trinajstić information content (AvgIpc) is 3.20. The third-order valence-corrected chi connectivity index (χ3v) is 4.16. The second kappa shape index (κ2) is 7.91. The third kappa shape index (κ3) is 4.17.